The molecule has 0 fully saturated rings. The highest BCUT2D eigenvalue weighted by atomic mass is 15.1. The Morgan fingerprint density at radius 2 is 0.818 bits per heavy atom. The first-order valence-electron chi connectivity index (χ1n) is 22.9. The Kier molecular flexibility index (Phi) is 9.54. The first-order chi connectivity index (χ1) is 32.5. The Balaban J connectivity index is 0.988. The highest BCUT2D eigenvalue weighted by molar-refractivity contribution is 6.10. The molecule has 66 heavy (non-hydrogen) atoms. The quantitative estimate of drug-likeness (QED) is 0.151. The van der Waals surface area contributed by atoms with Crippen LogP contribution in [0.1, 0.15) is 25.0 Å². The number of fused-ring (bicyclic) bond motifs is 5. The lowest BCUT2D eigenvalue weighted by molar-refractivity contribution is 0.660. The van der Waals surface area contributed by atoms with E-state index >= 15 is 0 Å². The molecule has 0 unspecified atom stereocenters. The van der Waals surface area contributed by atoms with E-state index in [1.165, 1.54) is 66.4 Å². The van der Waals surface area contributed by atoms with Gasteiger partial charge in [0.05, 0.1) is 16.9 Å². The Bertz CT molecular complexity index is 3590. The van der Waals surface area contributed by atoms with E-state index < -0.39 is 0 Å². The molecule has 0 amide bonds. The number of aromatic nitrogens is 1. The predicted octanol–water partition coefficient (Wildman–Crippen LogP) is 17.5. The first-order valence-corrected chi connectivity index (χ1v) is 22.9. The monoisotopic (exact) mass is 842 g/mol. The maximum Gasteiger partial charge on any atom is 0.0715 e. The summed E-state index contributed by atoms with van der Waals surface area (Å²) in [4.78, 5) is 7.75. The largest absolute Gasteiger partial charge is 0.310 e. The van der Waals surface area contributed by atoms with Crippen LogP contribution in [0.25, 0.3) is 88.6 Å². The van der Waals surface area contributed by atoms with Crippen LogP contribution in [0.2, 0.25) is 0 Å². The molecule has 2 nitrogen and oxygen atoms in total. The predicted molar refractivity (Wildman–Crippen MR) is 279 cm³/mol. The lowest BCUT2D eigenvalue weighted by Crippen LogP contribution is -2.16. The van der Waals surface area contributed by atoms with Crippen molar-refractivity contribution in [2.24, 2.45) is 0 Å². The summed E-state index contributed by atoms with van der Waals surface area (Å²) in [6.45, 7) is 4.71. The van der Waals surface area contributed by atoms with Crippen LogP contribution < -0.4 is 4.90 Å². The van der Waals surface area contributed by atoms with Crippen molar-refractivity contribution in [3.8, 4) is 66.9 Å². The van der Waals surface area contributed by atoms with Gasteiger partial charge in [0.1, 0.15) is 0 Å². The molecule has 1 aromatic heterocycles. The zero-order valence-electron chi connectivity index (χ0n) is 37.0. The van der Waals surface area contributed by atoms with E-state index in [9.17, 15) is 0 Å². The number of benzene rings is 10. The van der Waals surface area contributed by atoms with E-state index in [0.717, 1.165) is 50.3 Å². The number of hydrogen-bond donors (Lipinski definition) is 0. The Morgan fingerprint density at radius 3 is 1.58 bits per heavy atom. The number of nitrogens with zero attached hydrogens (tertiary/aromatic N) is 2. The molecule has 0 saturated heterocycles. The van der Waals surface area contributed by atoms with Crippen molar-refractivity contribution in [2.75, 3.05) is 4.90 Å². The van der Waals surface area contributed by atoms with Gasteiger partial charge in [0.2, 0.25) is 0 Å². The highest BCUT2D eigenvalue weighted by Crippen LogP contribution is 2.51. The lowest BCUT2D eigenvalue weighted by Gasteiger charge is -2.30. The summed E-state index contributed by atoms with van der Waals surface area (Å²) in [6, 6.07) is 88.2. The number of hydrogen-bond acceptors (Lipinski definition) is 2. The zero-order chi connectivity index (χ0) is 44.2. The maximum atomic E-state index is 5.31. The molecule has 1 aliphatic rings. The van der Waals surface area contributed by atoms with E-state index in [1.54, 1.807) is 0 Å². The van der Waals surface area contributed by atoms with Crippen LogP contribution >= 0.6 is 0 Å². The van der Waals surface area contributed by atoms with Crippen molar-refractivity contribution < 1.29 is 0 Å². The molecule has 10 aromatic carbocycles. The first kappa shape index (κ1) is 39.3. The van der Waals surface area contributed by atoms with Crippen molar-refractivity contribution >= 4 is 38.7 Å². The van der Waals surface area contributed by atoms with Gasteiger partial charge in [-0.25, -0.2) is 4.98 Å². The Morgan fingerprint density at radius 1 is 0.318 bits per heavy atom. The van der Waals surface area contributed by atoms with Crippen LogP contribution in [0.4, 0.5) is 17.1 Å². The SMILES string of the molecule is CC1(C)c2ccccc2-c2ccc(N(c3ccc(-c4cc(-c5ccc(-c6ccccc6)c6ccccc56)c5ccccc5n4)cc3)c3ccccc3-c3ccc(-c4ccccc4)cc3)cc21. The normalized spacial score (nSPS) is 12.5. The number of anilines is 3. The van der Waals surface area contributed by atoms with E-state index in [0.29, 0.717) is 0 Å². The van der Waals surface area contributed by atoms with Crippen LogP contribution in [0.3, 0.4) is 0 Å². The van der Waals surface area contributed by atoms with Gasteiger partial charge in [0.25, 0.3) is 0 Å². The standard InChI is InChI=1S/C64H46N2/c1-64(2)59-26-14-11-24-55(59)56-38-37-49(41-60(56)64)66(63-28-16-13-21-51(63)46-31-29-44(30-32-46)43-17-5-3-6-18-43)48-35-33-47(34-36-48)62-42-58(57-25-12-15-27-61(57)65-62)54-40-39-50(45-19-7-4-8-20-45)52-22-9-10-23-53(52)54/h3-42H,1-2H3. The molecule has 0 atom stereocenters. The van der Waals surface area contributed by atoms with Crippen LogP contribution in [-0.2, 0) is 5.41 Å². The minimum Gasteiger partial charge on any atom is -0.310 e. The van der Waals surface area contributed by atoms with Gasteiger partial charge in [0, 0.05) is 33.3 Å². The summed E-state index contributed by atoms with van der Waals surface area (Å²) < 4.78 is 0. The molecule has 0 spiro atoms. The smallest absolute Gasteiger partial charge is 0.0715 e. The fraction of sp³-hybridized carbons (Fsp3) is 0.0469. The van der Waals surface area contributed by atoms with Gasteiger partial charge >= 0.3 is 0 Å². The van der Waals surface area contributed by atoms with Gasteiger partial charge in [-0.3, -0.25) is 0 Å². The molecule has 0 saturated carbocycles. The number of para-hydroxylation sites is 2. The Hall–Kier alpha value is -8.33. The second kappa shape index (κ2) is 16.0. The summed E-state index contributed by atoms with van der Waals surface area (Å²) >= 11 is 0. The fourth-order valence-corrected chi connectivity index (χ4v) is 10.4. The highest BCUT2D eigenvalue weighted by Gasteiger charge is 2.36. The van der Waals surface area contributed by atoms with Crippen molar-refractivity contribution in [3.05, 3.63) is 254 Å². The average molecular weight is 843 g/mol. The van der Waals surface area contributed by atoms with Crippen LogP contribution in [0.15, 0.2) is 243 Å². The molecule has 1 heterocycles. The topological polar surface area (TPSA) is 16.1 Å². The molecule has 1 aliphatic carbocycles. The minimum atomic E-state index is -0.142. The van der Waals surface area contributed by atoms with Gasteiger partial charge in [-0.2, -0.15) is 0 Å². The lowest BCUT2D eigenvalue weighted by atomic mass is 9.82. The molecular weight excluding hydrogens is 797 g/mol. The van der Waals surface area contributed by atoms with Gasteiger partial charge in [-0.1, -0.05) is 214 Å². The third kappa shape index (κ3) is 6.69. The molecule has 0 bridgehead atoms. The van der Waals surface area contributed by atoms with Gasteiger partial charge < -0.3 is 4.90 Å². The Labute approximate surface area is 386 Å². The fourth-order valence-electron chi connectivity index (χ4n) is 10.4. The average Bonchev–Trinajstić information content (AvgIpc) is 3.61. The summed E-state index contributed by atoms with van der Waals surface area (Å²) in [5, 5.41) is 3.59. The third-order valence-electron chi connectivity index (χ3n) is 13.7. The summed E-state index contributed by atoms with van der Waals surface area (Å²) in [6.07, 6.45) is 0. The van der Waals surface area contributed by atoms with E-state index in [4.69, 9.17) is 4.98 Å². The molecule has 0 N–H and O–H groups in total. The maximum absolute atomic E-state index is 5.31. The van der Waals surface area contributed by atoms with Gasteiger partial charge in [-0.05, 0) is 114 Å². The molecular formula is C64H46N2. The molecule has 2 heteroatoms. The molecule has 0 aliphatic heterocycles. The van der Waals surface area contributed by atoms with E-state index in [2.05, 4.69) is 261 Å². The summed E-state index contributed by atoms with van der Waals surface area (Å²) in [7, 11) is 0. The van der Waals surface area contributed by atoms with Crippen LogP contribution in [-0.4, -0.2) is 4.98 Å². The molecule has 11 aromatic rings. The van der Waals surface area contributed by atoms with Crippen LogP contribution in [0, 0.1) is 0 Å². The second-order valence-electron chi connectivity index (χ2n) is 17.9. The summed E-state index contributed by atoms with van der Waals surface area (Å²) in [5.41, 5.74) is 21.0. The molecule has 0 radical (unpaired) electrons. The van der Waals surface area contributed by atoms with Crippen LogP contribution in [0.5, 0.6) is 0 Å². The third-order valence-corrected chi connectivity index (χ3v) is 13.7. The number of rotatable bonds is 8. The second-order valence-corrected chi connectivity index (χ2v) is 17.9. The van der Waals surface area contributed by atoms with Gasteiger partial charge in [-0.15, -0.1) is 0 Å². The van der Waals surface area contributed by atoms with E-state index in [-0.39, 0.29) is 5.41 Å². The van der Waals surface area contributed by atoms with Crippen molar-refractivity contribution in [3.63, 3.8) is 0 Å². The molecule has 12 rings (SSSR count). The molecule has 312 valence electrons. The van der Waals surface area contributed by atoms with Crippen molar-refractivity contribution in [2.45, 2.75) is 19.3 Å². The van der Waals surface area contributed by atoms with Crippen molar-refractivity contribution in [1.29, 1.82) is 0 Å². The number of pyridine rings is 1. The minimum absolute atomic E-state index is 0.142. The zero-order valence-corrected chi connectivity index (χ0v) is 37.0. The van der Waals surface area contributed by atoms with Crippen molar-refractivity contribution in [1.82, 2.24) is 4.98 Å². The summed E-state index contributed by atoms with van der Waals surface area (Å²) in [5.74, 6) is 0. The van der Waals surface area contributed by atoms with E-state index in [1.807, 2.05) is 0 Å². The van der Waals surface area contributed by atoms with Gasteiger partial charge in [0.15, 0.2) is 0 Å².